The van der Waals surface area contributed by atoms with Crippen LogP contribution < -0.4 is 0 Å². The topological polar surface area (TPSA) is 0 Å². The van der Waals surface area contributed by atoms with Gasteiger partial charge in [-0.1, -0.05) is 29.5 Å². The van der Waals surface area contributed by atoms with Gasteiger partial charge in [0, 0.05) is 8.84 Å². The molecule has 4 bridgehead atoms. The first-order chi connectivity index (χ1) is 9.12. The van der Waals surface area contributed by atoms with Gasteiger partial charge < -0.3 is 0 Å². The van der Waals surface area contributed by atoms with Crippen LogP contribution in [0.2, 0.25) is 0 Å². The Kier molecular flexibility index (Phi) is 0.782. The van der Waals surface area contributed by atoms with E-state index in [9.17, 15) is 0 Å². The van der Waals surface area contributed by atoms with Crippen LogP contribution >= 0.6 is 22.6 Å². The molecule has 0 N–H and O–H groups in total. The van der Waals surface area contributed by atoms with Gasteiger partial charge in [0.25, 0.3) is 0 Å². The third-order valence-electron chi connectivity index (χ3n) is 12.5. The summed E-state index contributed by atoms with van der Waals surface area (Å²) in [6, 6.07) is 0. The largest absolute Gasteiger partial charge is 0.0772 e. The van der Waals surface area contributed by atoms with Gasteiger partial charge in [0.05, 0.1) is 0 Å². The van der Waals surface area contributed by atoms with Crippen LogP contribution in [0.25, 0.3) is 0 Å². The molecule has 0 aliphatic heterocycles. The smallest absolute Gasteiger partial charge is 0.0391 e. The third kappa shape index (κ3) is 0.316. The Bertz CT molecular complexity index is 694. The zero-order chi connectivity index (χ0) is 12.0. The number of hydrogen-bond acceptors (Lipinski definition) is 0. The summed E-state index contributed by atoms with van der Waals surface area (Å²) in [7, 11) is 0. The van der Waals surface area contributed by atoms with E-state index in [4.69, 9.17) is 0 Å². The lowest BCUT2D eigenvalue weighted by atomic mass is 8.94. The monoisotopic (exact) mass is 362 g/mol. The molecule has 9 saturated carbocycles. The average Bonchev–Trinajstić information content (AvgIpc) is 2.81. The molecular formula is C18H19I. The highest BCUT2D eigenvalue weighted by molar-refractivity contribution is 14.1. The van der Waals surface area contributed by atoms with E-state index in [0.29, 0.717) is 0 Å². The fraction of sp³-hybridized carbons (Fsp3) is 1.00. The van der Waals surface area contributed by atoms with Gasteiger partial charge in [0.2, 0.25) is 0 Å². The molecule has 9 fully saturated rings. The van der Waals surface area contributed by atoms with Crippen molar-refractivity contribution in [2.24, 2.45) is 62.6 Å². The molecule has 12 atom stereocenters. The van der Waals surface area contributed by atoms with E-state index < -0.39 is 0 Å². The first-order valence-electron chi connectivity index (χ1n) is 8.81. The van der Waals surface area contributed by atoms with E-state index >= 15 is 0 Å². The Morgan fingerprint density at radius 2 is 1.95 bits per heavy atom. The Hall–Kier alpha value is 0.730. The second-order valence-electron chi connectivity index (χ2n) is 10.4. The summed E-state index contributed by atoms with van der Waals surface area (Å²) in [5, 5.41) is 0. The van der Waals surface area contributed by atoms with Gasteiger partial charge in [-0.05, 0) is 89.3 Å². The predicted octanol–water partition coefficient (Wildman–Crippen LogP) is 3.88. The highest BCUT2D eigenvalue weighted by atomic mass is 127. The number of fused-ring (bicyclic) bond motifs is 3. The van der Waals surface area contributed by atoms with Crippen LogP contribution in [-0.2, 0) is 0 Å². The maximum Gasteiger partial charge on any atom is 0.0391 e. The highest BCUT2D eigenvalue weighted by Crippen LogP contribution is 3.24. The summed E-state index contributed by atoms with van der Waals surface area (Å²) in [6.07, 6.45) is 8.41. The molecule has 4 spiro atoms. The molecule has 0 aromatic heterocycles. The summed E-state index contributed by atoms with van der Waals surface area (Å²) in [6.45, 7) is 2.83. The minimum atomic E-state index is 0.839. The first-order valence-corrected chi connectivity index (χ1v) is 9.89. The van der Waals surface area contributed by atoms with Crippen molar-refractivity contribution in [1.82, 2.24) is 0 Å². The van der Waals surface area contributed by atoms with Gasteiger partial charge in [-0.3, -0.25) is 0 Å². The van der Waals surface area contributed by atoms with E-state index in [1.807, 2.05) is 0 Å². The number of hydrogen-bond donors (Lipinski definition) is 0. The number of rotatable bonds is 0. The van der Waals surface area contributed by atoms with Crippen molar-refractivity contribution in [3.05, 3.63) is 0 Å². The Balaban J connectivity index is 1.59. The third-order valence-corrected chi connectivity index (χ3v) is 15.1. The van der Waals surface area contributed by atoms with Crippen LogP contribution in [0.4, 0.5) is 0 Å². The fourth-order valence-electron chi connectivity index (χ4n) is 13.7. The minimum Gasteiger partial charge on any atom is -0.0772 e. The van der Waals surface area contributed by atoms with Crippen molar-refractivity contribution in [3.8, 4) is 0 Å². The quantitative estimate of drug-likeness (QED) is 0.453. The van der Waals surface area contributed by atoms with Crippen LogP contribution in [0, 0.1) is 62.6 Å². The summed E-state index contributed by atoms with van der Waals surface area (Å²) >= 11 is 3.12. The molecule has 98 valence electrons. The van der Waals surface area contributed by atoms with Crippen molar-refractivity contribution < 1.29 is 0 Å². The van der Waals surface area contributed by atoms with Gasteiger partial charge >= 0.3 is 0 Å². The fourth-order valence-corrected chi connectivity index (χ4v) is 17.0. The summed E-state index contributed by atoms with van der Waals surface area (Å²) < 4.78 is 0.839. The standard InChI is InChI=1S/C18H19I/c1-13-7-2-3-14(13)6-15-8-5-11(14)18(15,19)17(13)12(7)10-4-9(8)16(10,15)17/h7-12H,2-6H2,1H3/t7?,8?,9?,10?,11?,12?,13-,14-,15?,16?,17?,18?/m1/s1. The lowest BCUT2D eigenvalue weighted by molar-refractivity contribution is -0.621. The number of halogens is 1. The molecule has 9 aliphatic carbocycles. The second kappa shape index (κ2) is 1.65. The van der Waals surface area contributed by atoms with Crippen LogP contribution in [0.15, 0.2) is 0 Å². The lowest BCUT2D eigenvalue weighted by Gasteiger charge is -3.11. The van der Waals surface area contributed by atoms with Gasteiger partial charge in [-0.15, -0.1) is 0 Å². The minimum absolute atomic E-state index is 0.839. The average molecular weight is 362 g/mol. The molecule has 0 aromatic rings. The van der Waals surface area contributed by atoms with Gasteiger partial charge in [0.15, 0.2) is 0 Å². The van der Waals surface area contributed by atoms with E-state index in [-0.39, 0.29) is 0 Å². The van der Waals surface area contributed by atoms with Crippen LogP contribution in [-0.4, -0.2) is 3.42 Å². The SMILES string of the molecule is C[C@@]12C3CC[C@]14CC15C6CC4C1(I)C21C3C2CC6C251. The molecular weight excluding hydrogens is 343 g/mol. The Morgan fingerprint density at radius 1 is 1.05 bits per heavy atom. The van der Waals surface area contributed by atoms with Gasteiger partial charge in [0.1, 0.15) is 0 Å². The maximum atomic E-state index is 3.12. The predicted molar refractivity (Wildman–Crippen MR) is 78.6 cm³/mol. The second-order valence-corrected chi connectivity index (χ2v) is 12.1. The van der Waals surface area contributed by atoms with Crippen molar-refractivity contribution in [3.63, 3.8) is 0 Å². The molecule has 9 rings (SSSR count). The molecule has 10 unspecified atom stereocenters. The molecule has 0 heterocycles. The van der Waals surface area contributed by atoms with E-state index in [1.54, 1.807) is 32.1 Å². The van der Waals surface area contributed by atoms with E-state index in [1.165, 1.54) is 35.5 Å². The van der Waals surface area contributed by atoms with E-state index in [0.717, 1.165) is 30.5 Å². The van der Waals surface area contributed by atoms with Crippen molar-refractivity contribution >= 4 is 22.6 Å². The number of alkyl halides is 1. The van der Waals surface area contributed by atoms with E-state index in [2.05, 4.69) is 29.5 Å². The van der Waals surface area contributed by atoms with Crippen molar-refractivity contribution in [1.29, 1.82) is 0 Å². The summed E-state index contributed by atoms with van der Waals surface area (Å²) in [5.74, 6) is 7.35. The summed E-state index contributed by atoms with van der Waals surface area (Å²) in [5.41, 5.74) is 4.57. The van der Waals surface area contributed by atoms with Gasteiger partial charge in [-0.2, -0.15) is 0 Å². The molecule has 1 heteroatoms. The molecule has 0 aromatic carbocycles. The molecule has 0 amide bonds. The van der Waals surface area contributed by atoms with Crippen LogP contribution in [0.3, 0.4) is 0 Å². The van der Waals surface area contributed by atoms with Crippen molar-refractivity contribution in [2.45, 2.75) is 42.4 Å². The molecule has 0 nitrogen and oxygen atoms in total. The molecule has 19 heavy (non-hydrogen) atoms. The Morgan fingerprint density at radius 3 is 2.84 bits per heavy atom. The maximum absolute atomic E-state index is 3.12. The molecule has 0 radical (unpaired) electrons. The van der Waals surface area contributed by atoms with Crippen LogP contribution in [0.1, 0.15) is 39.0 Å². The highest BCUT2D eigenvalue weighted by Gasteiger charge is 3.22. The molecule has 9 aliphatic rings. The Labute approximate surface area is 127 Å². The zero-order valence-corrected chi connectivity index (χ0v) is 13.5. The summed E-state index contributed by atoms with van der Waals surface area (Å²) in [4.78, 5) is 0. The normalized spacial score (nSPS) is 101. The van der Waals surface area contributed by atoms with Crippen molar-refractivity contribution in [2.75, 3.05) is 0 Å². The zero-order valence-electron chi connectivity index (χ0n) is 11.4. The van der Waals surface area contributed by atoms with Gasteiger partial charge in [-0.25, -0.2) is 0 Å². The van der Waals surface area contributed by atoms with Crippen LogP contribution in [0.5, 0.6) is 0 Å². The first kappa shape index (κ1) is 9.00. The lowest BCUT2D eigenvalue weighted by Crippen LogP contribution is -3.10. The molecule has 0 saturated heterocycles.